The Morgan fingerprint density at radius 1 is 1.07 bits per heavy atom. The van der Waals surface area contributed by atoms with Crippen LogP contribution in [-0.2, 0) is 18.4 Å². The van der Waals surface area contributed by atoms with Gasteiger partial charge < -0.3 is 9.88 Å². The molecule has 2 aromatic heterocycles. The highest BCUT2D eigenvalue weighted by atomic mass is 32.2. The fourth-order valence-electron chi connectivity index (χ4n) is 2.88. The number of amides is 1. The van der Waals surface area contributed by atoms with Gasteiger partial charge in [-0.1, -0.05) is 48.2 Å². The Morgan fingerprint density at radius 2 is 1.93 bits per heavy atom. The van der Waals surface area contributed by atoms with Crippen LogP contribution in [0, 0.1) is 0 Å². The maximum Gasteiger partial charge on any atom is 0.230 e. The largest absolute Gasteiger partial charge is 0.351 e. The van der Waals surface area contributed by atoms with Gasteiger partial charge in [0.15, 0.2) is 11.0 Å². The van der Waals surface area contributed by atoms with Gasteiger partial charge in [0.1, 0.15) is 0 Å². The molecule has 2 heterocycles. The zero-order chi connectivity index (χ0) is 19.3. The number of rotatable bonds is 6. The number of aromatic nitrogens is 4. The van der Waals surface area contributed by atoms with E-state index in [1.807, 2.05) is 72.3 Å². The van der Waals surface area contributed by atoms with E-state index in [0.29, 0.717) is 17.5 Å². The average molecular weight is 389 g/mol. The quantitative estimate of drug-likeness (QED) is 0.512. The second kappa shape index (κ2) is 8.22. The van der Waals surface area contributed by atoms with Crippen molar-refractivity contribution < 1.29 is 4.79 Å². The lowest BCUT2D eigenvalue weighted by Gasteiger charge is -2.06. The van der Waals surface area contributed by atoms with E-state index in [0.717, 1.165) is 27.9 Å². The molecule has 4 rings (SSSR count). The molecule has 0 bridgehead atoms. The Bertz CT molecular complexity index is 1110. The molecule has 1 N–H and O–H groups in total. The Kier molecular flexibility index (Phi) is 5.34. The average Bonchev–Trinajstić information content (AvgIpc) is 3.11. The van der Waals surface area contributed by atoms with Crippen molar-refractivity contribution in [3.63, 3.8) is 0 Å². The second-order valence-electron chi connectivity index (χ2n) is 6.33. The van der Waals surface area contributed by atoms with Gasteiger partial charge in [-0.15, -0.1) is 10.2 Å². The van der Waals surface area contributed by atoms with Crippen LogP contribution < -0.4 is 5.32 Å². The van der Waals surface area contributed by atoms with Crippen molar-refractivity contribution in [1.29, 1.82) is 0 Å². The standard InChI is InChI=1S/C21H19N5OS/c1-26-20(17-9-10-18-16(12-17)8-5-11-22-18)24-25-21(26)28-14-19(27)23-13-15-6-3-2-4-7-15/h2-12H,13-14H2,1H3,(H,23,27). The summed E-state index contributed by atoms with van der Waals surface area (Å²) in [5.74, 6) is 1.02. The zero-order valence-electron chi connectivity index (χ0n) is 15.4. The van der Waals surface area contributed by atoms with Crippen LogP contribution in [0.5, 0.6) is 0 Å². The third kappa shape index (κ3) is 4.04. The maximum atomic E-state index is 12.1. The summed E-state index contributed by atoms with van der Waals surface area (Å²) in [7, 11) is 1.91. The van der Waals surface area contributed by atoms with Crippen LogP contribution in [0.2, 0.25) is 0 Å². The molecule has 7 heteroatoms. The molecule has 0 aliphatic carbocycles. The van der Waals surface area contributed by atoms with Crippen LogP contribution in [0.1, 0.15) is 5.56 Å². The van der Waals surface area contributed by atoms with E-state index >= 15 is 0 Å². The lowest BCUT2D eigenvalue weighted by molar-refractivity contribution is -0.118. The van der Waals surface area contributed by atoms with Crippen molar-refractivity contribution in [3.8, 4) is 11.4 Å². The third-order valence-corrected chi connectivity index (χ3v) is 5.38. The topological polar surface area (TPSA) is 72.7 Å². The number of nitrogens with one attached hydrogen (secondary N) is 1. The van der Waals surface area contributed by atoms with Crippen LogP contribution >= 0.6 is 11.8 Å². The van der Waals surface area contributed by atoms with E-state index in [1.54, 1.807) is 6.20 Å². The van der Waals surface area contributed by atoms with Gasteiger partial charge in [-0.05, 0) is 29.8 Å². The Labute approximate surface area is 167 Å². The highest BCUT2D eigenvalue weighted by Gasteiger charge is 2.13. The molecule has 0 atom stereocenters. The first-order chi connectivity index (χ1) is 13.7. The summed E-state index contributed by atoms with van der Waals surface area (Å²) in [6.45, 7) is 0.523. The van der Waals surface area contributed by atoms with Crippen molar-refractivity contribution in [3.05, 3.63) is 72.4 Å². The molecular formula is C21H19N5OS. The van der Waals surface area contributed by atoms with Gasteiger partial charge in [-0.25, -0.2) is 0 Å². The molecule has 0 saturated heterocycles. The fraction of sp³-hybridized carbons (Fsp3) is 0.143. The normalized spacial score (nSPS) is 10.9. The first-order valence-electron chi connectivity index (χ1n) is 8.89. The third-order valence-electron chi connectivity index (χ3n) is 4.36. The number of nitrogens with zero attached hydrogens (tertiary/aromatic N) is 4. The number of hydrogen-bond donors (Lipinski definition) is 1. The van der Waals surface area contributed by atoms with Gasteiger partial charge in [0.2, 0.25) is 5.91 Å². The lowest BCUT2D eigenvalue weighted by Crippen LogP contribution is -2.24. The number of hydrogen-bond acceptors (Lipinski definition) is 5. The number of benzene rings is 2. The molecule has 28 heavy (non-hydrogen) atoms. The Morgan fingerprint density at radius 3 is 2.79 bits per heavy atom. The number of carbonyl (C=O) groups excluding carboxylic acids is 1. The number of carbonyl (C=O) groups is 1. The molecular weight excluding hydrogens is 370 g/mol. The lowest BCUT2D eigenvalue weighted by atomic mass is 10.1. The monoisotopic (exact) mass is 389 g/mol. The van der Waals surface area contributed by atoms with E-state index in [9.17, 15) is 4.79 Å². The van der Waals surface area contributed by atoms with E-state index in [2.05, 4.69) is 20.5 Å². The summed E-state index contributed by atoms with van der Waals surface area (Å²) in [6, 6.07) is 19.8. The summed E-state index contributed by atoms with van der Waals surface area (Å²) < 4.78 is 1.91. The fourth-order valence-corrected chi connectivity index (χ4v) is 3.63. The van der Waals surface area contributed by atoms with Crippen LogP contribution in [0.25, 0.3) is 22.3 Å². The van der Waals surface area contributed by atoms with E-state index in [4.69, 9.17) is 0 Å². The minimum absolute atomic E-state index is 0.0322. The van der Waals surface area contributed by atoms with E-state index < -0.39 is 0 Å². The molecule has 0 aliphatic rings. The van der Waals surface area contributed by atoms with Gasteiger partial charge in [0, 0.05) is 30.7 Å². The van der Waals surface area contributed by atoms with Crippen molar-refractivity contribution in [2.75, 3.05) is 5.75 Å². The molecule has 2 aromatic carbocycles. The Hall–Kier alpha value is -3.19. The van der Waals surface area contributed by atoms with E-state index in [1.165, 1.54) is 11.8 Å². The highest BCUT2D eigenvalue weighted by molar-refractivity contribution is 7.99. The predicted octanol–water partition coefficient (Wildman–Crippen LogP) is 3.44. The first kappa shape index (κ1) is 18.2. The molecule has 0 aliphatic heterocycles. The molecule has 4 aromatic rings. The number of pyridine rings is 1. The summed E-state index contributed by atoms with van der Waals surface area (Å²) >= 11 is 1.37. The van der Waals surface area contributed by atoms with Crippen molar-refractivity contribution in [1.82, 2.24) is 25.1 Å². The maximum absolute atomic E-state index is 12.1. The smallest absolute Gasteiger partial charge is 0.230 e. The summed E-state index contributed by atoms with van der Waals surface area (Å²) in [6.07, 6.45) is 1.78. The van der Waals surface area contributed by atoms with Crippen molar-refractivity contribution in [2.45, 2.75) is 11.7 Å². The van der Waals surface area contributed by atoms with Crippen molar-refractivity contribution in [2.24, 2.45) is 7.05 Å². The van der Waals surface area contributed by atoms with Crippen LogP contribution in [0.15, 0.2) is 72.0 Å². The van der Waals surface area contributed by atoms with Crippen molar-refractivity contribution >= 4 is 28.6 Å². The highest BCUT2D eigenvalue weighted by Crippen LogP contribution is 2.25. The molecule has 6 nitrogen and oxygen atoms in total. The first-order valence-corrected chi connectivity index (χ1v) is 9.87. The zero-order valence-corrected chi connectivity index (χ0v) is 16.2. The molecule has 0 spiro atoms. The minimum atomic E-state index is -0.0322. The molecule has 0 fully saturated rings. The second-order valence-corrected chi connectivity index (χ2v) is 7.27. The van der Waals surface area contributed by atoms with Crippen LogP contribution in [0.4, 0.5) is 0 Å². The number of fused-ring (bicyclic) bond motifs is 1. The van der Waals surface area contributed by atoms with Crippen LogP contribution in [-0.4, -0.2) is 31.4 Å². The SMILES string of the molecule is Cn1c(SCC(=O)NCc2ccccc2)nnc1-c1ccc2ncccc2c1. The van der Waals surface area contributed by atoms with Crippen LogP contribution in [0.3, 0.4) is 0 Å². The van der Waals surface area contributed by atoms with Gasteiger partial charge in [0.05, 0.1) is 11.3 Å². The number of thioether (sulfide) groups is 1. The summed E-state index contributed by atoms with van der Waals surface area (Å²) in [4.78, 5) is 16.5. The van der Waals surface area contributed by atoms with Gasteiger partial charge in [-0.3, -0.25) is 9.78 Å². The molecule has 0 unspecified atom stereocenters. The molecule has 140 valence electrons. The molecule has 0 radical (unpaired) electrons. The summed E-state index contributed by atoms with van der Waals surface area (Å²) in [5, 5.41) is 13.2. The predicted molar refractivity (Wildman–Crippen MR) is 111 cm³/mol. The summed E-state index contributed by atoms with van der Waals surface area (Å²) in [5.41, 5.74) is 2.99. The van der Waals surface area contributed by atoms with E-state index in [-0.39, 0.29) is 5.91 Å². The molecule has 0 saturated carbocycles. The minimum Gasteiger partial charge on any atom is -0.351 e. The van der Waals surface area contributed by atoms with Gasteiger partial charge in [-0.2, -0.15) is 0 Å². The van der Waals surface area contributed by atoms with Gasteiger partial charge >= 0.3 is 0 Å². The molecule has 1 amide bonds. The Balaban J connectivity index is 1.41. The van der Waals surface area contributed by atoms with Gasteiger partial charge in [0.25, 0.3) is 0 Å².